The highest BCUT2D eigenvalue weighted by molar-refractivity contribution is 8.26. The summed E-state index contributed by atoms with van der Waals surface area (Å²) in [5.74, 6) is 0.597. The molecule has 1 saturated heterocycles. The molecule has 1 aliphatic rings. The average Bonchev–Trinajstić information content (AvgIpc) is 3.04. The number of rotatable bonds is 7. The third-order valence-electron chi connectivity index (χ3n) is 5.33. The first-order valence-corrected chi connectivity index (χ1v) is 12.1. The fourth-order valence-electron chi connectivity index (χ4n) is 3.70. The number of thiocarbonyl (C=S) groups is 1. The van der Waals surface area contributed by atoms with Gasteiger partial charge in [-0.15, -0.1) is 0 Å². The van der Waals surface area contributed by atoms with E-state index in [4.69, 9.17) is 17.2 Å². The van der Waals surface area contributed by atoms with Crippen LogP contribution in [-0.2, 0) is 11.2 Å². The van der Waals surface area contributed by atoms with Crippen molar-refractivity contribution in [3.05, 3.63) is 80.6 Å². The Labute approximate surface area is 202 Å². The van der Waals surface area contributed by atoms with Crippen LogP contribution in [-0.4, -0.2) is 37.6 Å². The number of aryl methyl sites for hydroxylation is 1. The van der Waals surface area contributed by atoms with Gasteiger partial charge in [-0.05, 0) is 42.5 Å². The van der Waals surface area contributed by atoms with Gasteiger partial charge in [-0.1, -0.05) is 74.2 Å². The maximum Gasteiger partial charge on any atom is 0.267 e. The number of fused-ring (bicyclic) bond motifs is 1. The van der Waals surface area contributed by atoms with E-state index >= 15 is 0 Å². The Morgan fingerprint density at radius 3 is 2.64 bits per heavy atom. The predicted molar refractivity (Wildman–Crippen MR) is 140 cm³/mol. The normalized spacial score (nSPS) is 15.3. The van der Waals surface area contributed by atoms with Crippen molar-refractivity contribution in [2.45, 2.75) is 27.2 Å². The van der Waals surface area contributed by atoms with E-state index in [0.29, 0.717) is 39.3 Å². The van der Waals surface area contributed by atoms with E-state index in [1.807, 2.05) is 51.1 Å². The zero-order valence-corrected chi connectivity index (χ0v) is 20.5. The predicted octanol–water partition coefficient (Wildman–Crippen LogP) is 4.51. The molecule has 1 aromatic carbocycles. The molecule has 1 aliphatic heterocycles. The lowest BCUT2D eigenvalue weighted by molar-refractivity contribution is -0.122. The standard InChI is InChI=1S/C25H26N4O2S2/c1-16(2)15-29-24(31)20(33-25(29)32)14-19-21(26-12-11-18-9-5-4-6-10-18)27-22-17(3)8-7-13-28(22)23(19)30/h4-10,13-14,16,26H,11-12,15H2,1-3H3/b20-14-. The molecular weight excluding hydrogens is 452 g/mol. The summed E-state index contributed by atoms with van der Waals surface area (Å²) in [6, 6.07) is 13.9. The molecule has 0 bridgehead atoms. The highest BCUT2D eigenvalue weighted by Crippen LogP contribution is 2.33. The average molecular weight is 479 g/mol. The minimum atomic E-state index is -0.222. The summed E-state index contributed by atoms with van der Waals surface area (Å²) in [6.07, 6.45) is 4.12. The molecule has 0 radical (unpaired) electrons. The van der Waals surface area contributed by atoms with Crippen LogP contribution in [0.25, 0.3) is 11.7 Å². The summed E-state index contributed by atoms with van der Waals surface area (Å²) in [4.78, 5) is 33.2. The smallest absolute Gasteiger partial charge is 0.267 e. The van der Waals surface area contributed by atoms with Gasteiger partial charge in [0.25, 0.3) is 11.5 Å². The van der Waals surface area contributed by atoms with Crippen LogP contribution in [0.5, 0.6) is 0 Å². The largest absolute Gasteiger partial charge is 0.369 e. The van der Waals surface area contributed by atoms with Gasteiger partial charge in [-0.2, -0.15) is 0 Å². The number of hydrogen-bond acceptors (Lipinski definition) is 6. The molecule has 0 aliphatic carbocycles. The summed E-state index contributed by atoms with van der Waals surface area (Å²) >= 11 is 6.66. The van der Waals surface area contributed by atoms with Gasteiger partial charge in [0, 0.05) is 19.3 Å². The van der Waals surface area contributed by atoms with E-state index in [9.17, 15) is 9.59 Å². The number of amides is 1. The molecule has 1 fully saturated rings. The topological polar surface area (TPSA) is 66.7 Å². The second-order valence-electron chi connectivity index (χ2n) is 8.41. The Bertz CT molecular complexity index is 1300. The summed E-state index contributed by atoms with van der Waals surface area (Å²) < 4.78 is 2.04. The van der Waals surface area contributed by atoms with E-state index in [1.54, 1.807) is 17.2 Å². The Hall–Kier alpha value is -2.97. The van der Waals surface area contributed by atoms with Gasteiger partial charge in [0.1, 0.15) is 15.8 Å². The third-order valence-corrected chi connectivity index (χ3v) is 6.71. The molecule has 0 atom stereocenters. The maximum absolute atomic E-state index is 13.4. The lowest BCUT2D eigenvalue weighted by Crippen LogP contribution is -2.31. The number of carbonyl (C=O) groups excluding carboxylic acids is 1. The molecule has 4 rings (SSSR count). The number of anilines is 1. The van der Waals surface area contributed by atoms with Crippen LogP contribution in [0.1, 0.15) is 30.5 Å². The van der Waals surface area contributed by atoms with Crippen molar-refractivity contribution < 1.29 is 4.79 Å². The summed E-state index contributed by atoms with van der Waals surface area (Å²) in [6.45, 7) is 7.16. The molecule has 8 heteroatoms. The minimum absolute atomic E-state index is 0.164. The number of benzene rings is 1. The number of thioether (sulfide) groups is 1. The molecular formula is C25H26N4O2S2. The summed E-state index contributed by atoms with van der Waals surface area (Å²) in [5, 5.41) is 3.33. The second-order valence-corrected chi connectivity index (χ2v) is 10.1. The molecule has 3 aromatic rings. The molecule has 1 amide bonds. The van der Waals surface area contributed by atoms with Crippen molar-refractivity contribution in [3.8, 4) is 0 Å². The van der Waals surface area contributed by atoms with Crippen LogP contribution in [0.3, 0.4) is 0 Å². The molecule has 2 aromatic heterocycles. The molecule has 1 N–H and O–H groups in total. The number of carbonyl (C=O) groups is 1. The SMILES string of the molecule is Cc1cccn2c(=O)c(/C=C3\SC(=S)N(CC(C)C)C3=O)c(NCCc3ccccc3)nc12. The number of aromatic nitrogens is 2. The number of hydrogen-bond donors (Lipinski definition) is 1. The van der Waals surface area contributed by atoms with E-state index in [1.165, 1.54) is 21.7 Å². The zero-order valence-electron chi connectivity index (χ0n) is 18.9. The van der Waals surface area contributed by atoms with Gasteiger partial charge in [0.05, 0.1) is 10.5 Å². The maximum atomic E-state index is 13.4. The minimum Gasteiger partial charge on any atom is -0.369 e. The zero-order chi connectivity index (χ0) is 23.5. The van der Waals surface area contributed by atoms with E-state index in [-0.39, 0.29) is 17.4 Å². The molecule has 0 unspecified atom stereocenters. The lowest BCUT2D eigenvalue weighted by Gasteiger charge is -2.16. The van der Waals surface area contributed by atoms with Gasteiger partial charge < -0.3 is 5.32 Å². The van der Waals surface area contributed by atoms with Gasteiger partial charge in [-0.3, -0.25) is 18.9 Å². The number of nitrogens with one attached hydrogen (secondary N) is 1. The Morgan fingerprint density at radius 1 is 1.15 bits per heavy atom. The molecule has 170 valence electrons. The van der Waals surface area contributed by atoms with E-state index in [0.717, 1.165) is 12.0 Å². The van der Waals surface area contributed by atoms with Gasteiger partial charge in [0.15, 0.2) is 0 Å². The van der Waals surface area contributed by atoms with Crippen LogP contribution in [0.15, 0.2) is 58.4 Å². The Kier molecular flexibility index (Phi) is 6.95. The fourth-order valence-corrected chi connectivity index (χ4v) is 4.96. The quantitative estimate of drug-likeness (QED) is 0.398. The van der Waals surface area contributed by atoms with Crippen molar-refractivity contribution in [2.75, 3.05) is 18.4 Å². The molecule has 3 heterocycles. The summed E-state index contributed by atoms with van der Waals surface area (Å²) in [7, 11) is 0. The molecule has 33 heavy (non-hydrogen) atoms. The molecule has 0 saturated carbocycles. The molecule has 0 spiro atoms. The first kappa shape index (κ1) is 23.2. The monoisotopic (exact) mass is 478 g/mol. The van der Waals surface area contributed by atoms with Crippen LogP contribution < -0.4 is 10.9 Å². The van der Waals surface area contributed by atoms with Gasteiger partial charge >= 0.3 is 0 Å². The van der Waals surface area contributed by atoms with E-state index in [2.05, 4.69) is 17.4 Å². The van der Waals surface area contributed by atoms with Crippen molar-refractivity contribution >= 4 is 51.7 Å². The van der Waals surface area contributed by atoms with Crippen LogP contribution >= 0.6 is 24.0 Å². The van der Waals surface area contributed by atoms with Crippen molar-refractivity contribution in [2.24, 2.45) is 5.92 Å². The van der Waals surface area contributed by atoms with Crippen molar-refractivity contribution in [1.82, 2.24) is 14.3 Å². The lowest BCUT2D eigenvalue weighted by atomic mass is 10.1. The number of pyridine rings is 1. The Balaban J connectivity index is 1.73. The van der Waals surface area contributed by atoms with Crippen molar-refractivity contribution in [3.63, 3.8) is 0 Å². The Morgan fingerprint density at radius 2 is 1.91 bits per heavy atom. The summed E-state index contributed by atoms with van der Waals surface area (Å²) in [5.41, 5.74) is 2.82. The van der Waals surface area contributed by atoms with E-state index < -0.39 is 0 Å². The fraction of sp³-hybridized carbons (Fsp3) is 0.280. The van der Waals surface area contributed by atoms with Gasteiger partial charge in [0.2, 0.25) is 0 Å². The van der Waals surface area contributed by atoms with Crippen LogP contribution in [0.2, 0.25) is 0 Å². The highest BCUT2D eigenvalue weighted by atomic mass is 32.2. The number of nitrogens with zero attached hydrogens (tertiary/aromatic N) is 3. The van der Waals surface area contributed by atoms with Crippen LogP contribution in [0, 0.1) is 12.8 Å². The van der Waals surface area contributed by atoms with Crippen LogP contribution in [0.4, 0.5) is 5.82 Å². The molecule has 6 nitrogen and oxygen atoms in total. The second kappa shape index (κ2) is 9.89. The van der Waals surface area contributed by atoms with Crippen molar-refractivity contribution in [1.29, 1.82) is 0 Å². The first-order chi connectivity index (χ1) is 15.8. The first-order valence-electron chi connectivity index (χ1n) is 10.9. The highest BCUT2D eigenvalue weighted by Gasteiger charge is 2.32. The van der Waals surface area contributed by atoms with Gasteiger partial charge in [-0.25, -0.2) is 4.98 Å². The third kappa shape index (κ3) is 5.02.